The highest BCUT2D eigenvalue weighted by molar-refractivity contribution is 6.46. The summed E-state index contributed by atoms with van der Waals surface area (Å²) in [7, 11) is 0. The third-order valence-corrected chi connectivity index (χ3v) is 6.61. The molecule has 3 aromatic carbocycles. The number of likely N-dealkylation sites (tertiary alicyclic amines) is 1. The van der Waals surface area contributed by atoms with E-state index < -0.39 is 17.7 Å². The fourth-order valence-electron chi connectivity index (χ4n) is 4.08. The molecule has 0 aliphatic carbocycles. The van der Waals surface area contributed by atoms with Gasteiger partial charge in [-0.3, -0.25) is 9.59 Å². The van der Waals surface area contributed by atoms with Gasteiger partial charge < -0.3 is 14.7 Å². The van der Waals surface area contributed by atoms with Crippen molar-refractivity contribution in [3.05, 3.63) is 105 Å². The molecule has 1 atom stereocenters. The molecule has 0 radical (unpaired) electrons. The van der Waals surface area contributed by atoms with Crippen molar-refractivity contribution in [3.63, 3.8) is 0 Å². The van der Waals surface area contributed by atoms with Crippen molar-refractivity contribution in [2.45, 2.75) is 32.4 Å². The third kappa shape index (κ3) is 5.37. The summed E-state index contributed by atoms with van der Waals surface area (Å²) in [5.41, 5.74) is 1.81. The van der Waals surface area contributed by atoms with Crippen molar-refractivity contribution in [1.82, 2.24) is 4.90 Å². The SMILES string of the molecule is CCCCOc1cccc(/C(O)=C2\C(=O)C(=O)N(Cc3ccccc3)C2c2ccc(Cl)c(Cl)c2)c1. The molecule has 0 spiro atoms. The zero-order chi connectivity index (χ0) is 24.9. The van der Waals surface area contributed by atoms with E-state index in [-0.39, 0.29) is 17.9 Å². The molecule has 1 aliphatic rings. The quantitative estimate of drug-likeness (QED) is 0.157. The van der Waals surface area contributed by atoms with E-state index in [1.165, 1.54) is 4.90 Å². The van der Waals surface area contributed by atoms with Crippen molar-refractivity contribution in [2.24, 2.45) is 0 Å². The van der Waals surface area contributed by atoms with Gasteiger partial charge >= 0.3 is 0 Å². The molecular weight excluding hydrogens is 485 g/mol. The van der Waals surface area contributed by atoms with E-state index in [1.54, 1.807) is 42.5 Å². The van der Waals surface area contributed by atoms with Crippen molar-refractivity contribution in [1.29, 1.82) is 0 Å². The Hall–Kier alpha value is -3.28. The van der Waals surface area contributed by atoms with Crippen LogP contribution >= 0.6 is 23.2 Å². The lowest BCUT2D eigenvalue weighted by atomic mass is 9.95. The lowest BCUT2D eigenvalue weighted by molar-refractivity contribution is -0.140. The molecule has 1 N–H and O–H groups in total. The molecule has 1 heterocycles. The van der Waals surface area contributed by atoms with Crippen LogP contribution in [-0.4, -0.2) is 28.3 Å². The summed E-state index contributed by atoms with van der Waals surface area (Å²) < 4.78 is 5.76. The highest BCUT2D eigenvalue weighted by Gasteiger charge is 2.46. The molecule has 0 saturated carbocycles. The van der Waals surface area contributed by atoms with Gasteiger partial charge in [0, 0.05) is 12.1 Å². The highest BCUT2D eigenvalue weighted by atomic mass is 35.5. The summed E-state index contributed by atoms with van der Waals surface area (Å²) in [5.74, 6) is -1.14. The summed E-state index contributed by atoms with van der Waals surface area (Å²) in [6.45, 7) is 2.81. The average Bonchev–Trinajstić information content (AvgIpc) is 3.11. The van der Waals surface area contributed by atoms with Crippen LogP contribution in [-0.2, 0) is 16.1 Å². The number of hydrogen-bond donors (Lipinski definition) is 1. The lowest BCUT2D eigenvalue weighted by Crippen LogP contribution is -2.29. The smallest absolute Gasteiger partial charge is 0.295 e. The fraction of sp³-hybridized carbons (Fsp3) is 0.214. The van der Waals surface area contributed by atoms with Crippen LogP contribution in [0.1, 0.15) is 42.5 Å². The summed E-state index contributed by atoms with van der Waals surface area (Å²) in [6, 6.07) is 20.3. The van der Waals surface area contributed by atoms with Gasteiger partial charge in [-0.25, -0.2) is 0 Å². The summed E-state index contributed by atoms with van der Waals surface area (Å²) >= 11 is 12.4. The Bertz CT molecular complexity index is 1270. The van der Waals surface area contributed by atoms with Gasteiger partial charge in [0.1, 0.15) is 11.5 Å². The summed E-state index contributed by atoms with van der Waals surface area (Å²) in [6.07, 6.45) is 1.90. The predicted octanol–water partition coefficient (Wildman–Crippen LogP) is 6.79. The first-order valence-corrected chi connectivity index (χ1v) is 12.2. The second kappa shape index (κ2) is 11.0. The average molecular weight is 510 g/mol. The Morgan fingerprint density at radius 2 is 1.74 bits per heavy atom. The number of carbonyl (C=O) groups excluding carboxylic acids is 2. The van der Waals surface area contributed by atoms with Gasteiger partial charge in [0.15, 0.2) is 0 Å². The molecule has 5 nitrogen and oxygen atoms in total. The first-order chi connectivity index (χ1) is 16.9. The maximum Gasteiger partial charge on any atom is 0.295 e. The van der Waals surface area contributed by atoms with E-state index >= 15 is 0 Å². The number of ether oxygens (including phenoxy) is 1. The summed E-state index contributed by atoms with van der Waals surface area (Å²) in [4.78, 5) is 27.9. The maximum atomic E-state index is 13.3. The molecule has 0 aromatic heterocycles. The number of halogens is 2. The number of carbonyl (C=O) groups is 2. The maximum absolute atomic E-state index is 13.3. The molecule has 35 heavy (non-hydrogen) atoms. The second-order valence-corrected chi connectivity index (χ2v) is 9.13. The van der Waals surface area contributed by atoms with Crippen LogP contribution in [0.25, 0.3) is 5.76 Å². The Morgan fingerprint density at radius 3 is 2.46 bits per heavy atom. The van der Waals surface area contributed by atoms with Crippen LogP contribution in [0.5, 0.6) is 5.75 Å². The predicted molar refractivity (Wildman–Crippen MR) is 138 cm³/mol. The lowest BCUT2D eigenvalue weighted by Gasteiger charge is -2.25. The number of ketones is 1. The van der Waals surface area contributed by atoms with Gasteiger partial charge in [0.2, 0.25) is 0 Å². The van der Waals surface area contributed by atoms with E-state index in [0.29, 0.717) is 33.5 Å². The first kappa shape index (κ1) is 24.8. The van der Waals surface area contributed by atoms with Gasteiger partial charge in [0.25, 0.3) is 11.7 Å². The van der Waals surface area contributed by atoms with Crippen LogP contribution in [0.2, 0.25) is 10.0 Å². The number of aliphatic hydroxyl groups is 1. The minimum absolute atomic E-state index is 0.00460. The Kier molecular flexibility index (Phi) is 7.79. The van der Waals surface area contributed by atoms with Gasteiger partial charge in [-0.2, -0.15) is 0 Å². The molecule has 1 aliphatic heterocycles. The van der Waals surface area contributed by atoms with Crippen molar-refractivity contribution in [3.8, 4) is 5.75 Å². The normalized spacial score (nSPS) is 17.1. The van der Waals surface area contributed by atoms with Gasteiger partial charge in [0.05, 0.1) is 28.3 Å². The summed E-state index contributed by atoms with van der Waals surface area (Å²) in [5, 5.41) is 12.0. The second-order valence-electron chi connectivity index (χ2n) is 8.32. The molecule has 1 saturated heterocycles. The Balaban J connectivity index is 1.81. The number of benzene rings is 3. The van der Waals surface area contributed by atoms with Crippen LogP contribution in [0, 0.1) is 0 Å². The molecule has 0 bridgehead atoms. The Labute approximate surface area is 214 Å². The van der Waals surface area contributed by atoms with Crippen LogP contribution in [0.15, 0.2) is 78.4 Å². The minimum atomic E-state index is -0.838. The molecule has 1 amide bonds. The number of Topliss-reactive ketones (excluding diaryl/α,β-unsaturated/α-hetero) is 1. The first-order valence-electron chi connectivity index (χ1n) is 11.4. The minimum Gasteiger partial charge on any atom is -0.507 e. The molecule has 4 rings (SSSR count). The van der Waals surface area contributed by atoms with Gasteiger partial charge in [-0.1, -0.05) is 85.1 Å². The van der Waals surface area contributed by atoms with Gasteiger partial charge in [-0.15, -0.1) is 0 Å². The number of aliphatic hydroxyl groups excluding tert-OH is 1. The molecule has 180 valence electrons. The molecule has 3 aromatic rings. The van der Waals surface area contributed by atoms with Crippen molar-refractivity contribution >= 4 is 40.7 Å². The van der Waals surface area contributed by atoms with E-state index in [0.717, 1.165) is 18.4 Å². The van der Waals surface area contributed by atoms with Crippen LogP contribution < -0.4 is 4.74 Å². The topological polar surface area (TPSA) is 66.8 Å². The zero-order valence-electron chi connectivity index (χ0n) is 19.2. The van der Waals surface area contributed by atoms with E-state index in [9.17, 15) is 14.7 Å². The van der Waals surface area contributed by atoms with Crippen molar-refractivity contribution in [2.75, 3.05) is 6.61 Å². The fourth-order valence-corrected chi connectivity index (χ4v) is 4.38. The van der Waals surface area contributed by atoms with E-state index in [1.807, 2.05) is 30.3 Å². The van der Waals surface area contributed by atoms with Crippen LogP contribution in [0.4, 0.5) is 0 Å². The monoisotopic (exact) mass is 509 g/mol. The number of nitrogens with zero attached hydrogens (tertiary/aromatic N) is 1. The van der Waals surface area contributed by atoms with Gasteiger partial charge in [-0.05, 0) is 41.8 Å². The number of hydrogen-bond acceptors (Lipinski definition) is 4. The molecule has 1 unspecified atom stereocenters. The largest absolute Gasteiger partial charge is 0.507 e. The van der Waals surface area contributed by atoms with Crippen LogP contribution in [0.3, 0.4) is 0 Å². The molecule has 7 heteroatoms. The Morgan fingerprint density at radius 1 is 0.971 bits per heavy atom. The zero-order valence-corrected chi connectivity index (χ0v) is 20.7. The number of amides is 1. The standard InChI is InChI=1S/C28H25Cl2NO4/c1-2-3-14-35-21-11-7-10-20(15-21)26(32)24-25(19-12-13-22(29)23(30)16-19)31(28(34)27(24)33)17-18-8-5-4-6-9-18/h4-13,15-16,25,32H,2-3,14,17H2,1H3/b26-24+. The van der Waals surface area contributed by atoms with Crippen molar-refractivity contribution < 1.29 is 19.4 Å². The molecule has 1 fully saturated rings. The molecular formula is C28H25Cl2NO4. The number of unbranched alkanes of at least 4 members (excludes halogenated alkanes) is 1. The number of rotatable bonds is 8. The third-order valence-electron chi connectivity index (χ3n) is 5.87. The van der Waals surface area contributed by atoms with E-state index in [2.05, 4.69) is 6.92 Å². The highest BCUT2D eigenvalue weighted by Crippen LogP contribution is 2.42. The van der Waals surface area contributed by atoms with E-state index in [4.69, 9.17) is 27.9 Å².